The molecule has 0 saturated heterocycles. The molecule has 1 aliphatic heterocycles. The van der Waals surface area contributed by atoms with Crippen LogP contribution in [0.1, 0.15) is 48.5 Å². The normalized spacial score (nSPS) is 12.8. The van der Waals surface area contributed by atoms with Crippen molar-refractivity contribution >= 4 is 39.3 Å². The van der Waals surface area contributed by atoms with Crippen LogP contribution in [0.2, 0.25) is 0 Å². The summed E-state index contributed by atoms with van der Waals surface area (Å²) >= 11 is 0. The highest BCUT2D eigenvalue weighted by molar-refractivity contribution is 6.36. The van der Waals surface area contributed by atoms with Gasteiger partial charge in [-0.15, -0.1) is 0 Å². The molecule has 0 bridgehead atoms. The van der Waals surface area contributed by atoms with Crippen LogP contribution in [0.4, 0.5) is 5.69 Å². The van der Waals surface area contributed by atoms with Gasteiger partial charge in [0, 0.05) is 16.3 Å². The lowest BCUT2D eigenvalue weighted by Crippen LogP contribution is -2.31. The maximum Gasteiger partial charge on any atom is 0.268 e. The molecule has 0 spiro atoms. The SMILES string of the molecule is Cc1cc(C)c(N2C(=O)c3cccc(-n4c5ccccc5c5cccc(-c6ccc(C#N)cc6C)c54)c3C2=O)c(C)c1. The molecule has 0 aliphatic carbocycles. The van der Waals surface area contributed by atoms with Crippen molar-refractivity contribution in [1.82, 2.24) is 4.57 Å². The van der Waals surface area contributed by atoms with E-state index in [4.69, 9.17) is 0 Å². The predicted molar refractivity (Wildman–Crippen MR) is 167 cm³/mol. The fourth-order valence-electron chi connectivity index (χ4n) is 6.70. The van der Waals surface area contributed by atoms with Crippen LogP contribution in [0.25, 0.3) is 38.6 Å². The fraction of sp³-hybridized carbons (Fsp3) is 0.108. The average molecular weight is 546 g/mol. The molecule has 5 aromatic carbocycles. The molecule has 2 heterocycles. The van der Waals surface area contributed by atoms with E-state index < -0.39 is 0 Å². The van der Waals surface area contributed by atoms with Crippen molar-refractivity contribution in [3.63, 3.8) is 0 Å². The number of aromatic nitrogens is 1. The number of para-hydroxylation sites is 2. The van der Waals surface area contributed by atoms with E-state index in [2.05, 4.69) is 34.9 Å². The van der Waals surface area contributed by atoms with Crippen molar-refractivity contribution in [2.45, 2.75) is 27.7 Å². The van der Waals surface area contributed by atoms with Gasteiger partial charge >= 0.3 is 0 Å². The zero-order chi connectivity index (χ0) is 29.3. The number of carbonyl (C=O) groups excluding carboxylic acids is 2. The van der Waals surface area contributed by atoms with Crippen molar-refractivity contribution in [1.29, 1.82) is 5.26 Å². The number of carbonyl (C=O) groups is 2. The molecule has 0 fully saturated rings. The zero-order valence-electron chi connectivity index (χ0n) is 23.8. The third kappa shape index (κ3) is 3.55. The van der Waals surface area contributed by atoms with Gasteiger partial charge in [-0.3, -0.25) is 9.59 Å². The summed E-state index contributed by atoms with van der Waals surface area (Å²) < 4.78 is 2.13. The van der Waals surface area contributed by atoms with Crippen LogP contribution in [-0.4, -0.2) is 16.4 Å². The number of rotatable bonds is 3. The lowest BCUT2D eigenvalue weighted by molar-refractivity contribution is 0.0925. The average Bonchev–Trinajstić information content (AvgIpc) is 3.44. The third-order valence-corrected chi connectivity index (χ3v) is 8.33. The smallest absolute Gasteiger partial charge is 0.268 e. The summed E-state index contributed by atoms with van der Waals surface area (Å²) in [7, 11) is 0. The Balaban J connectivity index is 1.54. The van der Waals surface area contributed by atoms with Gasteiger partial charge in [0.05, 0.1) is 45.2 Å². The Kier molecular flexibility index (Phi) is 5.64. The van der Waals surface area contributed by atoms with E-state index >= 15 is 0 Å². The number of hydrogen-bond acceptors (Lipinski definition) is 3. The number of hydrogen-bond donors (Lipinski definition) is 0. The summed E-state index contributed by atoms with van der Waals surface area (Å²) in [5.74, 6) is -0.630. The number of amides is 2. The summed E-state index contributed by atoms with van der Waals surface area (Å²) in [4.78, 5) is 29.6. The Morgan fingerprint density at radius 1 is 0.643 bits per heavy atom. The van der Waals surface area contributed by atoms with Crippen molar-refractivity contribution in [2.24, 2.45) is 0 Å². The van der Waals surface area contributed by atoms with Crippen LogP contribution >= 0.6 is 0 Å². The Morgan fingerprint density at radius 3 is 2.07 bits per heavy atom. The van der Waals surface area contributed by atoms with E-state index in [1.54, 1.807) is 6.07 Å². The maximum absolute atomic E-state index is 14.3. The van der Waals surface area contributed by atoms with Crippen LogP contribution in [0.3, 0.4) is 0 Å². The molecule has 6 aromatic rings. The molecule has 2 amide bonds. The van der Waals surface area contributed by atoms with E-state index in [-0.39, 0.29) is 11.8 Å². The number of fused-ring (bicyclic) bond motifs is 4. The second-order valence-corrected chi connectivity index (χ2v) is 11.1. The van der Waals surface area contributed by atoms with Gasteiger partial charge in [0.25, 0.3) is 11.8 Å². The lowest BCUT2D eigenvalue weighted by Gasteiger charge is -2.20. The standard InChI is InChI=1S/C37H27N3O2/c1-21-17-23(3)34(24(4)18-21)40-36(41)30-12-8-14-32(33(30)37(40)42)39-31-13-6-5-9-27(31)29-11-7-10-28(35(29)39)26-16-15-25(20-38)19-22(26)2/h5-19H,1-4H3. The number of anilines is 1. The number of benzene rings is 5. The minimum Gasteiger partial charge on any atom is -0.308 e. The summed E-state index contributed by atoms with van der Waals surface area (Å²) in [6.45, 7) is 7.91. The fourth-order valence-corrected chi connectivity index (χ4v) is 6.70. The second kappa shape index (κ2) is 9.29. The van der Waals surface area contributed by atoms with E-state index in [9.17, 15) is 14.9 Å². The van der Waals surface area contributed by atoms with Gasteiger partial charge in [-0.2, -0.15) is 5.26 Å². The monoisotopic (exact) mass is 545 g/mol. The van der Waals surface area contributed by atoms with Crippen molar-refractivity contribution < 1.29 is 9.59 Å². The minimum atomic E-state index is -0.321. The van der Waals surface area contributed by atoms with Crippen LogP contribution in [0.15, 0.2) is 91.0 Å². The van der Waals surface area contributed by atoms with Gasteiger partial charge in [0.1, 0.15) is 0 Å². The van der Waals surface area contributed by atoms with E-state index in [1.165, 1.54) is 4.90 Å². The first-order valence-electron chi connectivity index (χ1n) is 13.9. The zero-order valence-corrected chi connectivity index (χ0v) is 23.8. The Bertz CT molecular complexity index is 2170. The Labute approximate surface area is 243 Å². The topological polar surface area (TPSA) is 66.1 Å². The van der Waals surface area contributed by atoms with Crippen molar-refractivity contribution in [3.05, 3.63) is 130 Å². The summed E-state index contributed by atoms with van der Waals surface area (Å²) in [5.41, 5.74) is 10.5. The molecule has 1 aliphatic rings. The molecule has 202 valence electrons. The number of nitrogens with zero attached hydrogens (tertiary/aromatic N) is 3. The molecule has 1 aromatic heterocycles. The van der Waals surface area contributed by atoms with Crippen LogP contribution in [0.5, 0.6) is 0 Å². The van der Waals surface area contributed by atoms with Gasteiger partial charge in [-0.25, -0.2) is 4.90 Å². The molecule has 0 saturated carbocycles. The van der Waals surface area contributed by atoms with Gasteiger partial charge in [-0.05, 0) is 80.3 Å². The molecule has 0 radical (unpaired) electrons. The molecule has 0 atom stereocenters. The van der Waals surface area contributed by atoms with Crippen LogP contribution in [-0.2, 0) is 0 Å². The molecule has 5 heteroatoms. The van der Waals surface area contributed by atoms with Gasteiger partial charge in [0.15, 0.2) is 0 Å². The molecule has 0 N–H and O–H groups in total. The summed E-state index contributed by atoms with van der Waals surface area (Å²) in [6, 6.07) is 31.8. The summed E-state index contributed by atoms with van der Waals surface area (Å²) in [6.07, 6.45) is 0. The highest BCUT2D eigenvalue weighted by Gasteiger charge is 2.40. The third-order valence-electron chi connectivity index (χ3n) is 8.33. The Hall–Kier alpha value is -5.47. The number of aryl methyl sites for hydroxylation is 4. The quantitative estimate of drug-likeness (QED) is 0.210. The molecule has 5 nitrogen and oxygen atoms in total. The number of nitriles is 1. The van der Waals surface area contributed by atoms with Crippen molar-refractivity contribution in [2.75, 3.05) is 4.90 Å². The number of imide groups is 1. The maximum atomic E-state index is 14.3. The first-order chi connectivity index (χ1) is 20.3. The van der Waals surface area contributed by atoms with Gasteiger partial charge < -0.3 is 4.57 Å². The van der Waals surface area contributed by atoms with E-state index in [1.807, 2.05) is 88.4 Å². The molecule has 42 heavy (non-hydrogen) atoms. The van der Waals surface area contributed by atoms with E-state index in [0.717, 1.165) is 55.2 Å². The first-order valence-corrected chi connectivity index (χ1v) is 13.9. The summed E-state index contributed by atoms with van der Waals surface area (Å²) in [5, 5.41) is 11.6. The van der Waals surface area contributed by atoms with Crippen molar-refractivity contribution in [3.8, 4) is 22.9 Å². The molecular formula is C37H27N3O2. The molecule has 0 unspecified atom stereocenters. The van der Waals surface area contributed by atoms with Gasteiger partial charge in [0.2, 0.25) is 0 Å². The highest BCUT2D eigenvalue weighted by Crippen LogP contribution is 2.42. The van der Waals surface area contributed by atoms with Crippen LogP contribution in [0, 0.1) is 39.0 Å². The molecular weight excluding hydrogens is 518 g/mol. The highest BCUT2D eigenvalue weighted by atomic mass is 16.2. The first kappa shape index (κ1) is 25.5. The van der Waals surface area contributed by atoms with E-state index in [0.29, 0.717) is 28.1 Å². The largest absolute Gasteiger partial charge is 0.308 e. The Morgan fingerprint density at radius 2 is 1.33 bits per heavy atom. The molecule has 7 rings (SSSR count). The van der Waals surface area contributed by atoms with Gasteiger partial charge in [-0.1, -0.05) is 66.2 Å². The minimum absolute atomic E-state index is 0.309. The van der Waals surface area contributed by atoms with Crippen LogP contribution < -0.4 is 4.90 Å². The predicted octanol–water partition coefficient (Wildman–Crippen LogP) is 8.36. The second-order valence-electron chi connectivity index (χ2n) is 11.1. The lowest BCUT2D eigenvalue weighted by atomic mass is 9.96.